The Hall–Kier alpha value is -1.04. The van der Waals surface area contributed by atoms with Crippen molar-refractivity contribution in [2.75, 3.05) is 13.7 Å². The van der Waals surface area contributed by atoms with Crippen LogP contribution in [-0.4, -0.2) is 41.8 Å². The number of hydrogen-bond donors (Lipinski definition) is 2. The van der Waals surface area contributed by atoms with Gasteiger partial charge < -0.3 is 14.8 Å². The maximum Gasteiger partial charge on any atom is 0.492 e. The van der Waals surface area contributed by atoms with Crippen LogP contribution in [0.3, 0.4) is 0 Å². The first kappa shape index (κ1) is 16.3. The zero-order valence-corrected chi connectivity index (χ0v) is 13.1. The van der Waals surface area contributed by atoms with Crippen molar-refractivity contribution in [1.82, 2.24) is 4.90 Å². The van der Waals surface area contributed by atoms with E-state index in [-0.39, 0.29) is 0 Å². The molecule has 0 amide bonds. The highest BCUT2D eigenvalue weighted by Gasteiger charge is 2.23. The molecule has 0 bridgehead atoms. The quantitative estimate of drug-likeness (QED) is 0.781. The van der Waals surface area contributed by atoms with Gasteiger partial charge >= 0.3 is 7.12 Å². The summed E-state index contributed by atoms with van der Waals surface area (Å²) in [4.78, 5) is 2.53. The molecule has 0 aliphatic carbocycles. The fraction of sp³-hybridized carbons (Fsp3) is 0.625. The van der Waals surface area contributed by atoms with Crippen LogP contribution in [0.2, 0.25) is 0 Å². The maximum absolute atomic E-state index is 9.46. The third kappa shape index (κ3) is 4.22. The lowest BCUT2D eigenvalue weighted by Gasteiger charge is -2.36. The zero-order valence-electron chi connectivity index (χ0n) is 13.1. The molecule has 1 atom stereocenters. The SMILES string of the molecule is CCCC1CCCCN1Cc1ccc(OC)c(B(O)O)c1. The molecule has 2 rings (SSSR count). The van der Waals surface area contributed by atoms with Crippen LogP contribution in [0.15, 0.2) is 18.2 Å². The second-order valence-corrected chi connectivity index (χ2v) is 5.86. The van der Waals surface area contributed by atoms with E-state index in [1.54, 1.807) is 7.11 Å². The summed E-state index contributed by atoms with van der Waals surface area (Å²) in [6.07, 6.45) is 6.31. The Bertz CT molecular complexity index is 451. The van der Waals surface area contributed by atoms with Crippen LogP contribution >= 0.6 is 0 Å². The van der Waals surface area contributed by atoms with Crippen LogP contribution < -0.4 is 10.2 Å². The normalized spacial score (nSPS) is 19.5. The number of likely N-dealkylation sites (tertiary alicyclic amines) is 1. The molecule has 1 heterocycles. The molecule has 1 fully saturated rings. The highest BCUT2D eigenvalue weighted by Crippen LogP contribution is 2.23. The van der Waals surface area contributed by atoms with Gasteiger partial charge in [0.2, 0.25) is 0 Å². The van der Waals surface area contributed by atoms with Crippen molar-refractivity contribution in [3.63, 3.8) is 0 Å². The molecule has 1 aromatic carbocycles. The van der Waals surface area contributed by atoms with Gasteiger partial charge in [0.1, 0.15) is 5.75 Å². The second-order valence-electron chi connectivity index (χ2n) is 5.86. The van der Waals surface area contributed by atoms with Gasteiger partial charge in [0.05, 0.1) is 7.11 Å². The first-order chi connectivity index (χ1) is 10.2. The molecule has 0 aromatic heterocycles. The summed E-state index contributed by atoms with van der Waals surface area (Å²) >= 11 is 0. The molecule has 2 N–H and O–H groups in total. The number of rotatable bonds is 6. The smallest absolute Gasteiger partial charge is 0.492 e. The maximum atomic E-state index is 9.46. The number of benzene rings is 1. The molecule has 116 valence electrons. The van der Waals surface area contributed by atoms with Crippen LogP contribution in [0.1, 0.15) is 44.6 Å². The van der Waals surface area contributed by atoms with Gasteiger partial charge in [0.15, 0.2) is 0 Å². The predicted molar refractivity (Wildman–Crippen MR) is 85.8 cm³/mol. The third-order valence-corrected chi connectivity index (χ3v) is 4.33. The van der Waals surface area contributed by atoms with E-state index in [1.807, 2.05) is 18.2 Å². The Balaban J connectivity index is 2.12. The standard InChI is InChI=1S/C16H26BNO3/c1-3-6-14-7-4-5-10-18(14)12-13-8-9-16(21-2)15(11-13)17(19)20/h8-9,11,14,19-20H,3-7,10,12H2,1-2H3. The average Bonchev–Trinajstić information content (AvgIpc) is 2.49. The summed E-state index contributed by atoms with van der Waals surface area (Å²) < 4.78 is 5.18. The van der Waals surface area contributed by atoms with Crippen LogP contribution in [0, 0.1) is 0 Å². The summed E-state index contributed by atoms with van der Waals surface area (Å²) in [5.74, 6) is 0.525. The van der Waals surface area contributed by atoms with Crippen LogP contribution in [0.4, 0.5) is 0 Å². The summed E-state index contributed by atoms with van der Waals surface area (Å²) in [7, 11) is 0.0516. The van der Waals surface area contributed by atoms with Gasteiger partial charge in [-0.1, -0.05) is 31.9 Å². The molecule has 0 spiro atoms. The zero-order chi connectivity index (χ0) is 15.2. The lowest BCUT2D eigenvalue weighted by molar-refractivity contribution is 0.131. The topological polar surface area (TPSA) is 52.9 Å². The predicted octanol–water partition coefficient (Wildman–Crippen LogP) is 1.53. The molecule has 4 nitrogen and oxygen atoms in total. The molecule has 21 heavy (non-hydrogen) atoms. The van der Waals surface area contributed by atoms with Gasteiger partial charge in [-0.15, -0.1) is 0 Å². The van der Waals surface area contributed by atoms with Gasteiger partial charge in [-0.25, -0.2) is 0 Å². The van der Waals surface area contributed by atoms with Crippen molar-refractivity contribution in [2.45, 2.75) is 51.6 Å². The number of piperidine rings is 1. The Morgan fingerprint density at radius 2 is 2.14 bits per heavy atom. The van der Waals surface area contributed by atoms with Crippen molar-refractivity contribution in [3.8, 4) is 5.75 Å². The lowest BCUT2D eigenvalue weighted by Crippen LogP contribution is -2.39. The van der Waals surface area contributed by atoms with E-state index in [0.717, 1.165) is 18.7 Å². The highest BCUT2D eigenvalue weighted by molar-refractivity contribution is 6.59. The summed E-state index contributed by atoms with van der Waals surface area (Å²) in [5, 5.41) is 18.9. The summed E-state index contributed by atoms with van der Waals surface area (Å²) in [6, 6.07) is 6.35. The van der Waals surface area contributed by atoms with Crippen molar-refractivity contribution in [3.05, 3.63) is 23.8 Å². The number of nitrogens with zero attached hydrogens (tertiary/aromatic N) is 1. The number of ether oxygens (including phenoxy) is 1. The minimum atomic E-state index is -1.49. The molecule has 1 aromatic rings. The average molecular weight is 291 g/mol. The molecule has 1 unspecified atom stereocenters. The van der Waals surface area contributed by atoms with E-state index in [4.69, 9.17) is 4.74 Å². The summed E-state index contributed by atoms with van der Waals surface area (Å²) in [6.45, 7) is 4.24. The van der Waals surface area contributed by atoms with Gasteiger partial charge in [0.25, 0.3) is 0 Å². The summed E-state index contributed by atoms with van der Waals surface area (Å²) in [5.41, 5.74) is 1.56. The molecule has 0 saturated carbocycles. The van der Waals surface area contributed by atoms with Gasteiger partial charge in [0, 0.05) is 18.0 Å². The van der Waals surface area contributed by atoms with Crippen molar-refractivity contribution >= 4 is 12.6 Å². The largest absolute Gasteiger partial charge is 0.497 e. The lowest BCUT2D eigenvalue weighted by atomic mass is 9.78. The van der Waals surface area contributed by atoms with Crippen LogP contribution in [-0.2, 0) is 6.54 Å². The first-order valence-electron chi connectivity index (χ1n) is 7.92. The van der Waals surface area contributed by atoms with E-state index in [2.05, 4.69) is 11.8 Å². The minimum Gasteiger partial charge on any atom is -0.497 e. The fourth-order valence-electron chi connectivity index (χ4n) is 3.25. The van der Waals surface area contributed by atoms with E-state index in [1.165, 1.54) is 32.1 Å². The Labute approximate surface area is 127 Å². The fourth-order valence-corrected chi connectivity index (χ4v) is 3.25. The van der Waals surface area contributed by atoms with Crippen LogP contribution in [0.25, 0.3) is 0 Å². The third-order valence-electron chi connectivity index (χ3n) is 4.33. The van der Waals surface area contributed by atoms with Gasteiger partial charge in [-0.2, -0.15) is 0 Å². The number of methoxy groups -OCH3 is 1. The molecule has 0 radical (unpaired) electrons. The van der Waals surface area contributed by atoms with Crippen molar-refractivity contribution < 1.29 is 14.8 Å². The molecule has 1 aliphatic heterocycles. The molecular formula is C16H26BNO3. The monoisotopic (exact) mass is 291 g/mol. The molecule has 5 heteroatoms. The Kier molecular flexibility index (Phi) is 6.09. The van der Waals surface area contributed by atoms with Crippen LogP contribution in [0.5, 0.6) is 5.75 Å². The molecular weight excluding hydrogens is 265 g/mol. The Morgan fingerprint density at radius 3 is 2.81 bits per heavy atom. The van der Waals surface area contributed by atoms with E-state index >= 15 is 0 Å². The highest BCUT2D eigenvalue weighted by atomic mass is 16.5. The second kappa shape index (κ2) is 7.83. The minimum absolute atomic E-state index is 0.444. The Morgan fingerprint density at radius 1 is 1.33 bits per heavy atom. The van der Waals surface area contributed by atoms with E-state index in [9.17, 15) is 10.0 Å². The van der Waals surface area contributed by atoms with Gasteiger partial charge in [-0.05, 0) is 37.4 Å². The molecule has 1 saturated heterocycles. The van der Waals surface area contributed by atoms with E-state index in [0.29, 0.717) is 17.3 Å². The molecule has 1 aliphatic rings. The number of hydrogen-bond acceptors (Lipinski definition) is 4. The van der Waals surface area contributed by atoms with Gasteiger partial charge in [-0.3, -0.25) is 4.90 Å². The van der Waals surface area contributed by atoms with E-state index < -0.39 is 7.12 Å². The van der Waals surface area contributed by atoms with Crippen molar-refractivity contribution in [1.29, 1.82) is 0 Å². The van der Waals surface area contributed by atoms with Crippen molar-refractivity contribution in [2.24, 2.45) is 0 Å². The first-order valence-corrected chi connectivity index (χ1v) is 7.92.